The van der Waals surface area contributed by atoms with Crippen LogP contribution in [0.1, 0.15) is 5.56 Å². The van der Waals surface area contributed by atoms with Crippen LogP contribution in [0.2, 0.25) is 0 Å². The molecule has 2 aromatic heterocycles. The number of rotatable bonds is 1. The Morgan fingerprint density at radius 1 is 0.667 bits per heavy atom. The average Bonchev–Trinajstić information content (AvgIpc) is 2.94. The quantitative estimate of drug-likeness (QED) is 0.518. The van der Waals surface area contributed by atoms with Gasteiger partial charge in [-0.05, 0) is 31.2 Å². The van der Waals surface area contributed by atoms with Gasteiger partial charge in [-0.1, -0.05) is 17.7 Å². The molecule has 0 fully saturated rings. The van der Waals surface area contributed by atoms with Crippen molar-refractivity contribution < 1.29 is 0 Å². The fourth-order valence-electron chi connectivity index (χ4n) is 3.02. The van der Waals surface area contributed by atoms with E-state index in [0.29, 0.717) is 5.69 Å². The van der Waals surface area contributed by atoms with Crippen LogP contribution in [0.4, 0.5) is 0 Å². The molecule has 2 heterocycles. The van der Waals surface area contributed by atoms with Crippen LogP contribution in [-0.2, 0) is 7.05 Å². The minimum absolute atomic E-state index is 0.149. The normalized spacial score (nSPS) is 11.6. The lowest BCUT2D eigenvalue weighted by Gasteiger charge is -2.00. The zero-order valence-electron chi connectivity index (χ0n) is 13.0. The van der Waals surface area contributed by atoms with Gasteiger partial charge in [0.15, 0.2) is 0 Å². The molecule has 0 unspecified atom stereocenters. The first-order chi connectivity index (χ1) is 11.4. The van der Waals surface area contributed by atoms with Crippen molar-refractivity contribution in [3.63, 3.8) is 0 Å². The monoisotopic (exact) mass is 320 g/mol. The summed E-state index contributed by atoms with van der Waals surface area (Å²) in [5.41, 5.74) is -0.443. The largest absolute Gasteiger partial charge is 0.277 e. The Balaban J connectivity index is 2.18. The predicted octanol–water partition coefficient (Wildman–Crippen LogP) is 0.747. The lowest BCUT2D eigenvalue weighted by Crippen LogP contribution is -2.23. The van der Waals surface area contributed by atoms with E-state index in [4.69, 9.17) is 0 Å². The maximum absolute atomic E-state index is 12.7. The lowest BCUT2D eigenvalue weighted by atomic mass is 10.1. The van der Waals surface area contributed by atoms with Crippen molar-refractivity contribution in [2.75, 3.05) is 0 Å². The maximum Gasteiger partial charge on any atom is 0.266 e. The highest BCUT2D eigenvalue weighted by Gasteiger charge is 2.18. The molecule has 4 aromatic rings. The topological polar surface area (TPSA) is 78.1 Å². The SMILES string of the molecule is Cc1ccc(-n2c(=O)c3cc4c(=O)n(C)c(=O)c4cc3c2=O)cc1. The van der Waals surface area contributed by atoms with Gasteiger partial charge in [0, 0.05) is 7.05 Å². The van der Waals surface area contributed by atoms with E-state index in [-0.39, 0.29) is 21.5 Å². The minimum Gasteiger partial charge on any atom is -0.277 e. The van der Waals surface area contributed by atoms with E-state index in [0.717, 1.165) is 14.7 Å². The van der Waals surface area contributed by atoms with Crippen LogP contribution < -0.4 is 22.2 Å². The highest BCUT2D eigenvalue weighted by molar-refractivity contribution is 5.98. The molecule has 4 rings (SSSR count). The van der Waals surface area contributed by atoms with Crippen LogP contribution in [-0.4, -0.2) is 9.13 Å². The van der Waals surface area contributed by atoms with Crippen molar-refractivity contribution in [3.05, 3.63) is 83.4 Å². The Labute approximate surface area is 134 Å². The Kier molecular flexibility index (Phi) is 2.75. The molecule has 6 heteroatoms. The van der Waals surface area contributed by atoms with Gasteiger partial charge in [-0.25, -0.2) is 4.57 Å². The number of fused-ring (bicyclic) bond motifs is 2. The van der Waals surface area contributed by atoms with Crippen molar-refractivity contribution in [1.82, 2.24) is 9.13 Å². The average molecular weight is 320 g/mol. The molecule has 2 aromatic carbocycles. The van der Waals surface area contributed by atoms with E-state index in [1.54, 1.807) is 24.3 Å². The van der Waals surface area contributed by atoms with Crippen molar-refractivity contribution in [2.45, 2.75) is 6.92 Å². The summed E-state index contributed by atoms with van der Waals surface area (Å²) in [6.07, 6.45) is 0. The molecule has 0 saturated heterocycles. The molecular formula is C18H12N2O4. The van der Waals surface area contributed by atoms with Crippen LogP contribution in [0.5, 0.6) is 0 Å². The minimum atomic E-state index is -0.489. The molecule has 0 bridgehead atoms. The van der Waals surface area contributed by atoms with Gasteiger partial charge in [0.2, 0.25) is 0 Å². The fraction of sp³-hybridized carbons (Fsp3) is 0.111. The zero-order chi connectivity index (χ0) is 17.2. The summed E-state index contributed by atoms with van der Waals surface area (Å²) in [5.74, 6) is 0. The van der Waals surface area contributed by atoms with Gasteiger partial charge in [-0.2, -0.15) is 0 Å². The van der Waals surface area contributed by atoms with Crippen molar-refractivity contribution in [2.24, 2.45) is 7.05 Å². The van der Waals surface area contributed by atoms with Crippen molar-refractivity contribution in [3.8, 4) is 5.69 Å². The highest BCUT2D eigenvalue weighted by atomic mass is 16.2. The lowest BCUT2D eigenvalue weighted by molar-refractivity contribution is 0.856. The van der Waals surface area contributed by atoms with Crippen LogP contribution >= 0.6 is 0 Å². The third kappa shape index (κ3) is 1.70. The molecule has 0 saturated carbocycles. The van der Waals surface area contributed by atoms with Gasteiger partial charge in [-0.3, -0.25) is 23.7 Å². The second kappa shape index (κ2) is 4.61. The summed E-state index contributed by atoms with van der Waals surface area (Å²) in [6, 6.07) is 9.69. The second-order valence-electron chi connectivity index (χ2n) is 5.89. The fourth-order valence-corrected chi connectivity index (χ4v) is 3.02. The van der Waals surface area contributed by atoms with Crippen LogP contribution in [0, 0.1) is 6.92 Å². The molecule has 24 heavy (non-hydrogen) atoms. The highest BCUT2D eigenvalue weighted by Crippen LogP contribution is 2.16. The van der Waals surface area contributed by atoms with E-state index in [9.17, 15) is 19.2 Å². The van der Waals surface area contributed by atoms with E-state index >= 15 is 0 Å². The number of hydrogen-bond donors (Lipinski definition) is 0. The van der Waals surface area contributed by atoms with Crippen LogP contribution in [0.15, 0.2) is 55.6 Å². The third-order valence-electron chi connectivity index (χ3n) is 4.39. The molecule has 0 aliphatic heterocycles. The first-order valence-corrected chi connectivity index (χ1v) is 7.36. The summed E-state index contributed by atoms with van der Waals surface area (Å²) in [6.45, 7) is 1.91. The van der Waals surface area contributed by atoms with E-state index in [1.807, 2.05) is 6.92 Å². The summed E-state index contributed by atoms with van der Waals surface area (Å²) in [4.78, 5) is 49.5. The Morgan fingerprint density at radius 3 is 1.54 bits per heavy atom. The Hall–Kier alpha value is -3.28. The molecule has 6 nitrogen and oxygen atoms in total. The summed E-state index contributed by atoms with van der Waals surface area (Å²) >= 11 is 0. The van der Waals surface area contributed by atoms with Crippen molar-refractivity contribution in [1.29, 1.82) is 0 Å². The first kappa shape index (κ1) is 14.3. The maximum atomic E-state index is 12.7. The number of benzene rings is 2. The van der Waals surface area contributed by atoms with Gasteiger partial charge in [-0.15, -0.1) is 0 Å². The molecule has 0 aliphatic carbocycles. The van der Waals surface area contributed by atoms with E-state index in [2.05, 4.69) is 0 Å². The first-order valence-electron chi connectivity index (χ1n) is 7.36. The zero-order valence-corrected chi connectivity index (χ0v) is 13.0. The van der Waals surface area contributed by atoms with Gasteiger partial charge in [0.25, 0.3) is 22.2 Å². The molecule has 118 valence electrons. The van der Waals surface area contributed by atoms with E-state index < -0.39 is 22.2 Å². The Morgan fingerprint density at radius 2 is 1.08 bits per heavy atom. The third-order valence-corrected chi connectivity index (χ3v) is 4.39. The van der Waals surface area contributed by atoms with E-state index in [1.165, 1.54) is 19.2 Å². The predicted molar refractivity (Wildman–Crippen MR) is 91.9 cm³/mol. The van der Waals surface area contributed by atoms with Crippen molar-refractivity contribution >= 4 is 21.5 Å². The molecular weight excluding hydrogens is 308 g/mol. The molecule has 0 amide bonds. The summed E-state index contributed by atoms with van der Waals surface area (Å²) in [5, 5.41) is 0.618. The number of aromatic nitrogens is 2. The molecule has 0 aliphatic rings. The Bertz CT molecular complexity index is 1250. The number of nitrogens with zero attached hydrogens (tertiary/aromatic N) is 2. The summed E-state index contributed by atoms with van der Waals surface area (Å²) < 4.78 is 2.05. The molecule has 0 radical (unpaired) electrons. The van der Waals surface area contributed by atoms with Gasteiger partial charge >= 0.3 is 0 Å². The van der Waals surface area contributed by atoms with Crippen LogP contribution in [0.25, 0.3) is 27.2 Å². The summed E-state index contributed by atoms with van der Waals surface area (Å²) in [7, 11) is 1.37. The number of aryl methyl sites for hydroxylation is 1. The smallest absolute Gasteiger partial charge is 0.266 e. The standard InChI is InChI=1S/C18H12N2O4/c1-9-3-5-10(6-4-9)20-17(23)13-7-11-12(8-14(13)18(20)24)16(22)19(2)15(11)21/h3-8H,1-2H3. The van der Waals surface area contributed by atoms with Gasteiger partial charge < -0.3 is 0 Å². The molecule has 0 atom stereocenters. The van der Waals surface area contributed by atoms with Gasteiger partial charge in [0.05, 0.1) is 27.2 Å². The van der Waals surface area contributed by atoms with Crippen LogP contribution in [0.3, 0.4) is 0 Å². The second-order valence-corrected chi connectivity index (χ2v) is 5.89. The molecule has 0 N–H and O–H groups in total. The van der Waals surface area contributed by atoms with Gasteiger partial charge in [0.1, 0.15) is 0 Å². The molecule has 0 spiro atoms. The number of hydrogen-bond acceptors (Lipinski definition) is 4.